The summed E-state index contributed by atoms with van der Waals surface area (Å²) >= 11 is 0. The monoisotopic (exact) mass is 298 g/mol. The summed E-state index contributed by atoms with van der Waals surface area (Å²) in [5.74, 6) is 0.0585. The second-order valence-electron chi connectivity index (χ2n) is 6.07. The standard InChI is InChI=1S/C21H14O2/c22-19-17-13-7-8-14-18(17)20(15-9-3-1-4-10-15)21(19,23-20)16-11-5-2-6-12-16/h1-14H/t20-,21-/m0/s1. The third-order valence-corrected chi connectivity index (χ3v) is 4.99. The average molecular weight is 298 g/mol. The first-order chi connectivity index (χ1) is 11.3. The molecule has 0 radical (unpaired) electrons. The largest absolute Gasteiger partial charge is 0.338 e. The van der Waals surface area contributed by atoms with Crippen molar-refractivity contribution in [3.05, 3.63) is 107 Å². The van der Waals surface area contributed by atoms with Crippen LogP contribution in [0.1, 0.15) is 27.0 Å². The lowest BCUT2D eigenvalue weighted by Gasteiger charge is -2.13. The minimum atomic E-state index is -0.917. The first-order valence-corrected chi connectivity index (χ1v) is 7.76. The van der Waals surface area contributed by atoms with Crippen molar-refractivity contribution in [3.8, 4) is 0 Å². The molecule has 0 unspecified atom stereocenters. The first kappa shape index (κ1) is 12.8. The molecule has 0 amide bonds. The minimum absolute atomic E-state index is 0.0585. The zero-order valence-corrected chi connectivity index (χ0v) is 12.4. The molecule has 2 nitrogen and oxygen atoms in total. The summed E-state index contributed by atoms with van der Waals surface area (Å²) in [5.41, 5.74) is 2.08. The molecule has 0 bridgehead atoms. The van der Waals surface area contributed by atoms with E-state index in [9.17, 15) is 4.79 Å². The molecule has 1 aliphatic carbocycles. The normalized spacial score (nSPS) is 27.4. The summed E-state index contributed by atoms with van der Waals surface area (Å²) in [6, 6.07) is 27.7. The highest BCUT2D eigenvalue weighted by atomic mass is 16.6. The molecule has 1 aliphatic heterocycles. The summed E-state index contributed by atoms with van der Waals surface area (Å²) in [6.45, 7) is 0. The van der Waals surface area contributed by atoms with Crippen LogP contribution in [0, 0.1) is 0 Å². The minimum Gasteiger partial charge on any atom is -0.338 e. The Kier molecular flexibility index (Phi) is 2.33. The number of rotatable bonds is 2. The van der Waals surface area contributed by atoms with Crippen molar-refractivity contribution in [3.63, 3.8) is 0 Å². The summed E-state index contributed by atoms with van der Waals surface area (Å²) < 4.78 is 6.29. The predicted molar refractivity (Wildman–Crippen MR) is 87.2 cm³/mol. The highest BCUT2D eigenvalue weighted by Gasteiger charge is 2.81. The van der Waals surface area contributed by atoms with E-state index in [2.05, 4.69) is 0 Å². The molecule has 5 rings (SSSR count). The number of ether oxygens (including phenoxy) is 1. The van der Waals surface area contributed by atoms with Crippen LogP contribution in [-0.2, 0) is 15.9 Å². The Balaban J connectivity index is 1.83. The van der Waals surface area contributed by atoms with E-state index in [0.29, 0.717) is 0 Å². The maximum absolute atomic E-state index is 13.2. The molecule has 2 aliphatic rings. The maximum Gasteiger partial charge on any atom is 0.203 e. The summed E-state index contributed by atoms with van der Waals surface area (Å²) in [4.78, 5) is 13.2. The third kappa shape index (κ3) is 1.35. The zero-order chi connectivity index (χ0) is 15.5. The van der Waals surface area contributed by atoms with Gasteiger partial charge in [0.25, 0.3) is 0 Å². The second kappa shape index (κ2) is 4.18. The molecule has 0 N–H and O–H groups in total. The van der Waals surface area contributed by atoms with Crippen molar-refractivity contribution in [1.29, 1.82) is 0 Å². The predicted octanol–water partition coefficient (Wildman–Crippen LogP) is 4.05. The van der Waals surface area contributed by atoms with Gasteiger partial charge in [-0.1, -0.05) is 84.9 Å². The summed E-state index contributed by atoms with van der Waals surface area (Å²) in [5, 5.41) is 0. The van der Waals surface area contributed by atoms with Gasteiger partial charge in [0.05, 0.1) is 0 Å². The Morgan fingerprint density at radius 3 is 1.78 bits per heavy atom. The highest BCUT2D eigenvalue weighted by Crippen LogP contribution is 2.71. The molecule has 2 heteroatoms. The van der Waals surface area contributed by atoms with Gasteiger partial charge in [0.1, 0.15) is 0 Å². The van der Waals surface area contributed by atoms with Crippen LogP contribution >= 0.6 is 0 Å². The molecule has 110 valence electrons. The van der Waals surface area contributed by atoms with Crippen LogP contribution in [0.3, 0.4) is 0 Å². The number of carbonyl (C=O) groups is 1. The molecule has 0 saturated carbocycles. The Morgan fingerprint density at radius 2 is 1.13 bits per heavy atom. The zero-order valence-electron chi connectivity index (χ0n) is 12.4. The first-order valence-electron chi connectivity index (χ1n) is 7.76. The van der Waals surface area contributed by atoms with Crippen LogP contribution < -0.4 is 0 Å². The van der Waals surface area contributed by atoms with Gasteiger partial charge >= 0.3 is 0 Å². The van der Waals surface area contributed by atoms with E-state index < -0.39 is 11.2 Å². The number of fused-ring (bicyclic) bond motifs is 3. The van der Waals surface area contributed by atoms with Gasteiger partial charge in [-0.05, 0) is 11.1 Å². The molecular formula is C21H14O2. The number of epoxide rings is 1. The third-order valence-electron chi connectivity index (χ3n) is 4.99. The van der Waals surface area contributed by atoms with Gasteiger partial charge < -0.3 is 4.74 Å². The number of Topliss-reactive ketones (excluding diaryl/α,β-unsaturated/α-hetero) is 1. The van der Waals surface area contributed by atoms with Gasteiger partial charge in [-0.25, -0.2) is 0 Å². The number of hydrogen-bond acceptors (Lipinski definition) is 2. The quantitative estimate of drug-likeness (QED) is 0.668. The number of carbonyl (C=O) groups excluding carboxylic acids is 1. The highest BCUT2D eigenvalue weighted by molar-refractivity contribution is 6.12. The van der Waals surface area contributed by atoms with Crippen LogP contribution in [0.15, 0.2) is 84.9 Å². The molecule has 23 heavy (non-hydrogen) atoms. The molecule has 0 spiro atoms. The van der Waals surface area contributed by atoms with Crippen LogP contribution in [-0.4, -0.2) is 5.78 Å². The Labute approximate surface area is 134 Å². The van der Waals surface area contributed by atoms with Gasteiger partial charge in [0, 0.05) is 11.1 Å². The van der Waals surface area contributed by atoms with Crippen molar-refractivity contribution in [2.24, 2.45) is 0 Å². The van der Waals surface area contributed by atoms with Gasteiger partial charge in [-0.15, -0.1) is 0 Å². The van der Waals surface area contributed by atoms with Crippen LogP contribution in [0.5, 0.6) is 0 Å². The maximum atomic E-state index is 13.2. The van der Waals surface area contributed by atoms with Crippen LogP contribution in [0.4, 0.5) is 0 Å². The van der Waals surface area contributed by atoms with Gasteiger partial charge in [-0.3, -0.25) is 4.79 Å². The number of hydrogen-bond donors (Lipinski definition) is 0. The lowest BCUT2D eigenvalue weighted by atomic mass is 9.81. The second-order valence-corrected chi connectivity index (χ2v) is 6.07. The van der Waals surface area contributed by atoms with Gasteiger partial charge in [0.15, 0.2) is 11.2 Å². The number of benzene rings is 3. The van der Waals surface area contributed by atoms with Crippen molar-refractivity contribution in [2.45, 2.75) is 11.2 Å². The van der Waals surface area contributed by atoms with E-state index in [1.54, 1.807) is 0 Å². The molecule has 1 saturated heterocycles. The van der Waals surface area contributed by atoms with Crippen LogP contribution in [0.2, 0.25) is 0 Å². The molecule has 3 aromatic carbocycles. The van der Waals surface area contributed by atoms with Crippen molar-refractivity contribution >= 4 is 5.78 Å². The molecule has 0 aromatic heterocycles. The van der Waals surface area contributed by atoms with Crippen LogP contribution in [0.25, 0.3) is 0 Å². The van der Waals surface area contributed by atoms with E-state index in [1.807, 2.05) is 84.9 Å². The van der Waals surface area contributed by atoms with Crippen molar-refractivity contribution < 1.29 is 9.53 Å². The Morgan fingerprint density at radius 1 is 0.609 bits per heavy atom. The van der Waals surface area contributed by atoms with Crippen molar-refractivity contribution in [1.82, 2.24) is 0 Å². The fourth-order valence-electron chi connectivity index (χ4n) is 3.99. The Bertz CT molecular complexity index is 917. The lowest BCUT2D eigenvalue weighted by Crippen LogP contribution is -2.24. The fraction of sp³-hybridized carbons (Fsp3) is 0.0952. The van der Waals surface area contributed by atoms with E-state index in [1.165, 1.54) is 0 Å². The lowest BCUT2D eigenvalue weighted by molar-refractivity contribution is 0.0868. The molecule has 3 aromatic rings. The molecular weight excluding hydrogens is 284 g/mol. The van der Waals surface area contributed by atoms with Crippen molar-refractivity contribution in [2.75, 3.05) is 0 Å². The Hall–Kier alpha value is -2.71. The van der Waals surface area contributed by atoms with E-state index >= 15 is 0 Å². The van der Waals surface area contributed by atoms with Gasteiger partial charge in [-0.2, -0.15) is 0 Å². The van der Waals surface area contributed by atoms with E-state index in [-0.39, 0.29) is 5.78 Å². The molecule has 1 fully saturated rings. The SMILES string of the molecule is O=C1c2ccccc2[C@]2(c3ccccc3)O[C@@]12c1ccccc1. The smallest absolute Gasteiger partial charge is 0.203 e. The average Bonchev–Trinajstić information content (AvgIpc) is 3.30. The van der Waals surface area contributed by atoms with E-state index in [4.69, 9.17) is 4.74 Å². The summed E-state index contributed by atoms with van der Waals surface area (Å²) in [7, 11) is 0. The van der Waals surface area contributed by atoms with Gasteiger partial charge in [0.2, 0.25) is 5.78 Å². The molecule has 2 atom stereocenters. The molecule has 1 heterocycles. The number of ketones is 1. The van der Waals surface area contributed by atoms with E-state index in [0.717, 1.165) is 22.3 Å². The topological polar surface area (TPSA) is 29.6 Å². The fourth-order valence-corrected chi connectivity index (χ4v) is 3.99. The summed E-state index contributed by atoms with van der Waals surface area (Å²) in [6.07, 6.45) is 0.